The van der Waals surface area contributed by atoms with Crippen molar-refractivity contribution in [3.05, 3.63) is 21.3 Å². The van der Waals surface area contributed by atoms with Gasteiger partial charge in [0.25, 0.3) is 0 Å². The van der Waals surface area contributed by atoms with E-state index in [-0.39, 0.29) is 5.91 Å². The van der Waals surface area contributed by atoms with Gasteiger partial charge in [0, 0.05) is 30.4 Å². The van der Waals surface area contributed by atoms with Gasteiger partial charge in [0.2, 0.25) is 5.91 Å². The number of hydrogen-bond donors (Lipinski definition) is 1. The largest absolute Gasteiger partial charge is 0.356 e. The molecule has 0 aromatic carbocycles. The summed E-state index contributed by atoms with van der Waals surface area (Å²) in [6.45, 7) is 3.23. The zero-order chi connectivity index (χ0) is 13.9. The van der Waals surface area contributed by atoms with Crippen LogP contribution in [0.3, 0.4) is 0 Å². The first-order chi connectivity index (χ1) is 9.70. The smallest absolute Gasteiger partial charge is 0.220 e. The molecule has 5 heteroatoms. The minimum atomic E-state index is 0.166. The predicted molar refractivity (Wildman–Crippen MR) is 83.4 cm³/mol. The molecule has 2 fully saturated rings. The Bertz CT molecular complexity index is 472. The van der Waals surface area contributed by atoms with Crippen molar-refractivity contribution in [3.63, 3.8) is 0 Å². The highest BCUT2D eigenvalue weighted by molar-refractivity contribution is 7.16. The summed E-state index contributed by atoms with van der Waals surface area (Å²) in [6.07, 6.45) is 5.35. The summed E-state index contributed by atoms with van der Waals surface area (Å²) in [5, 5.41) is 3.09. The number of thiophene rings is 1. The molecule has 1 aliphatic carbocycles. The van der Waals surface area contributed by atoms with Crippen LogP contribution in [0, 0.1) is 5.92 Å². The molecule has 2 aliphatic rings. The lowest BCUT2D eigenvalue weighted by Gasteiger charge is -2.15. The maximum Gasteiger partial charge on any atom is 0.220 e. The molecule has 1 saturated heterocycles. The fourth-order valence-corrected chi connectivity index (χ4v) is 3.96. The molecule has 110 valence electrons. The Kier molecular flexibility index (Phi) is 4.64. The van der Waals surface area contributed by atoms with E-state index in [0.717, 1.165) is 23.3 Å². The van der Waals surface area contributed by atoms with Gasteiger partial charge in [0.15, 0.2) is 0 Å². The fourth-order valence-electron chi connectivity index (χ4n) is 2.87. The quantitative estimate of drug-likeness (QED) is 0.876. The normalized spacial score (nSPS) is 23.1. The summed E-state index contributed by atoms with van der Waals surface area (Å²) in [7, 11) is 0. The van der Waals surface area contributed by atoms with Gasteiger partial charge in [-0.05, 0) is 50.3 Å². The number of hydrogen-bond acceptors (Lipinski definition) is 3. The molecule has 0 spiro atoms. The first kappa shape index (κ1) is 14.4. The van der Waals surface area contributed by atoms with Crippen LogP contribution in [-0.2, 0) is 11.2 Å². The number of nitrogens with one attached hydrogen (secondary N) is 1. The van der Waals surface area contributed by atoms with Crippen LogP contribution in [-0.4, -0.2) is 36.5 Å². The Morgan fingerprint density at radius 3 is 2.95 bits per heavy atom. The average molecular weight is 313 g/mol. The summed E-state index contributed by atoms with van der Waals surface area (Å²) in [4.78, 5) is 15.6. The van der Waals surface area contributed by atoms with Gasteiger partial charge in [-0.2, -0.15) is 0 Å². The Labute approximate surface area is 129 Å². The van der Waals surface area contributed by atoms with Crippen molar-refractivity contribution in [2.24, 2.45) is 5.92 Å². The Morgan fingerprint density at radius 2 is 2.25 bits per heavy atom. The average Bonchev–Trinajstić information content (AvgIpc) is 3.03. The second-order valence-electron chi connectivity index (χ2n) is 5.89. The Balaban J connectivity index is 1.33. The van der Waals surface area contributed by atoms with E-state index in [1.165, 1.54) is 37.2 Å². The van der Waals surface area contributed by atoms with Crippen molar-refractivity contribution >= 4 is 28.8 Å². The molecule has 1 saturated carbocycles. The number of aryl methyl sites for hydroxylation is 1. The lowest BCUT2D eigenvalue weighted by Crippen LogP contribution is -2.31. The van der Waals surface area contributed by atoms with Crippen molar-refractivity contribution in [3.8, 4) is 0 Å². The molecule has 1 aliphatic heterocycles. The van der Waals surface area contributed by atoms with Crippen LogP contribution in [0.25, 0.3) is 0 Å². The topological polar surface area (TPSA) is 32.3 Å². The molecular weight excluding hydrogens is 292 g/mol. The summed E-state index contributed by atoms with van der Waals surface area (Å²) in [5.74, 6) is 0.815. The molecule has 0 bridgehead atoms. The number of carbonyl (C=O) groups excluding carboxylic acids is 1. The third kappa shape index (κ3) is 3.96. The fraction of sp³-hybridized carbons (Fsp3) is 0.667. The first-order valence-electron chi connectivity index (χ1n) is 7.45. The number of nitrogens with zero attached hydrogens (tertiary/aromatic N) is 1. The van der Waals surface area contributed by atoms with Crippen molar-refractivity contribution in [2.45, 2.75) is 38.1 Å². The molecular formula is C15H21ClN2OS. The molecule has 1 N–H and O–H groups in total. The number of halogens is 1. The molecule has 1 amide bonds. The van der Waals surface area contributed by atoms with E-state index in [1.54, 1.807) is 11.3 Å². The molecule has 3 nitrogen and oxygen atoms in total. The highest BCUT2D eigenvalue weighted by atomic mass is 35.5. The number of amides is 1. The number of likely N-dealkylation sites (tertiary alicyclic amines) is 1. The van der Waals surface area contributed by atoms with Gasteiger partial charge in [-0.25, -0.2) is 0 Å². The number of carbonyl (C=O) groups is 1. The zero-order valence-electron chi connectivity index (χ0n) is 11.6. The summed E-state index contributed by atoms with van der Waals surface area (Å²) in [6, 6.07) is 4.76. The third-order valence-electron chi connectivity index (χ3n) is 4.20. The second-order valence-corrected chi connectivity index (χ2v) is 7.69. The standard InChI is InChI=1S/C15H21ClN2OS/c16-14-5-3-13(20-14)4-6-15(19)17-9-11-7-8-18(10-11)12-1-2-12/h3,5,11-12H,1-2,4,6-10H2,(H,17,19). The van der Waals surface area contributed by atoms with Crippen LogP contribution in [0.5, 0.6) is 0 Å². The first-order valence-corrected chi connectivity index (χ1v) is 8.65. The SMILES string of the molecule is O=C(CCc1ccc(Cl)s1)NCC1CCN(C2CC2)C1. The zero-order valence-corrected chi connectivity index (χ0v) is 13.2. The van der Waals surface area contributed by atoms with Crippen LogP contribution >= 0.6 is 22.9 Å². The molecule has 1 atom stereocenters. The van der Waals surface area contributed by atoms with Gasteiger partial charge in [-0.1, -0.05) is 11.6 Å². The summed E-state index contributed by atoms with van der Waals surface area (Å²) >= 11 is 7.44. The molecule has 0 radical (unpaired) electrons. The van der Waals surface area contributed by atoms with Crippen LogP contribution in [0.4, 0.5) is 0 Å². The van der Waals surface area contributed by atoms with Crippen molar-refractivity contribution in [2.75, 3.05) is 19.6 Å². The van der Waals surface area contributed by atoms with Gasteiger partial charge < -0.3 is 10.2 Å². The monoisotopic (exact) mass is 312 g/mol. The van der Waals surface area contributed by atoms with Crippen molar-refractivity contribution in [1.82, 2.24) is 10.2 Å². The highest BCUT2D eigenvalue weighted by Gasteiger charge is 2.34. The Hall–Kier alpha value is -0.580. The van der Waals surface area contributed by atoms with Gasteiger partial charge in [-0.3, -0.25) is 4.79 Å². The molecule has 1 aromatic rings. The van der Waals surface area contributed by atoms with Crippen LogP contribution < -0.4 is 5.32 Å². The van der Waals surface area contributed by atoms with E-state index in [0.29, 0.717) is 12.3 Å². The minimum Gasteiger partial charge on any atom is -0.356 e. The maximum absolute atomic E-state index is 11.9. The van der Waals surface area contributed by atoms with Crippen LogP contribution in [0.15, 0.2) is 12.1 Å². The van der Waals surface area contributed by atoms with Gasteiger partial charge in [-0.15, -0.1) is 11.3 Å². The van der Waals surface area contributed by atoms with E-state index in [1.807, 2.05) is 12.1 Å². The van der Waals surface area contributed by atoms with E-state index < -0.39 is 0 Å². The molecule has 3 rings (SSSR count). The van der Waals surface area contributed by atoms with Crippen molar-refractivity contribution < 1.29 is 4.79 Å². The van der Waals surface area contributed by atoms with Crippen LogP contribution in [0.2, 0.25) is 4.34 Å². The van der Waals surface area contributed by atoms with E-state index >= 15 is 0 Å². The molecule has 20 heavy (non-hydrogen) atoms. The van der Waals surface area contributed by atoms with Gasteiger partial charge >= 0.3 is 0 Å². The number of rotatable bonds is 6. The third-order valence-corrected chi connectivity index (χ3v) is 5.49. The van der Waals surface area contributed by atoms with Crippen molar-refractivity contribution in [1.29, 1.82) is 0 Å². The van der Waals surface area contributed by atoms with Crippen LogP contribution in [0.1, 0.15) is 30.6 Å². The predicted octanol–water partition coefficient (Wildman–Crippen LogP) is 2.93. The van der Waals surface area contributed by atoms with Gasteiger partial charge in [0.05, 0.1) is 4.34 Å². The second kappa shape index (κ2) is 6.46. The summed E-state index contributed by atoms with van der Waals surface area (Å²) in [5.41, 5.74) is 0. The van der Waals surface area contributed by atoms with E-state index in [2.05, 4.69) is 10.2 Å². The lowest BCUT2D eigenvalue weighted by molar-refractivity contribution is -0.121. The molecule has 1 aromatic heterocycles. The maximum atomic E-state index is 11.9. The minimum absolute atomic E-state index is 0.166. The molecule has 2 heterocycles. The van der Waals surface area contributed by atoms with E-state index in [4.69, 9.17) is 11.6 Å². The summed E-state index contributed by atoms with van der Waals surface area (Å²) < 4.78 is 0.798. The highest BCUT2D eigenvalue weighted by Crippen LogP contribution is 2.31. The van der Waals surface area contributed by atoms with E-state index in [9.17, 15) is 4.79 Å². The molecule has 1 unspecified atom stereocenters. The van der Waals surface area contributed by atoms with Gasteiger partial charge in [0.1, 0.15) is 0 Å². The Morgan fingerprint density at radius 1 is 1.40 bits per heavy atom. The lowest BCUT2D eigenvalue weighted by atomic mass is 10.1.